The Morgan fingerprint density at radius 2 is 1.96 bits per heavy atom. The van der Waals surface area contributed by atoms with E-state index in [2.05, 4.69) is 38.4 Å². The minimum atomic E-state index is -0.233. The number of ether oxygens (including phenoxy) is 1. The number of H-pyrrole nitrogens is 1. The Hall–Kier alpha value is -2.70. The summed E-state index contributed by atoms with van der Waals surface area (Å²) in [6.45, 7) is 5.68. The highest BCUT2D eigenvalue weighted by molar-refractivity contribution is 5.82. The number of carbonyl (C=O) groups excluding carboxylic acids is 1. The maximum absolute atomic E-state index is 11.8. The molecule has 0 bridgehead atoms. The normalized spacial score (nSPS) is 15.5. The lowest BCUT2D eigenvalue weighted by molar-refractivity contribution is 0.0914. The molecule has 134 valence electrons. The fraction of sp³-hybridized carbons (Fsp3) is 0.444. The Bertz CT molecular complexity index is 714. The van der Waals surface area contributed by atoms with Crippen molar-refractivity contribution in [2.75, 3.05) is 39.8 Å². The van der Waals surface area contributed by atoms with Crippen molar-refractivity contribution in [2.24, 2.45) is 4.99 Å². The third-order valence-electron chi connectivity index (χ3n) is 4.34. The first-order valence-electron chi connectivity index (χ1n) is 8.65. The van der Waals surface area contributed by atoms with Gasteiger partial charge in [-0.05, 0) is 24.4 Å². The van der Waals surface area contributed by atoms with E-state index < -0.39 is 0 Å². The summed E-state index contributed by atoms with van der Waals surface area (Å²) in [5.41, 5.74) is 2.25. The van der Waals surface area contributed by atoms with Crippen LogP contribution in [0, 0.1) is 0 Å². The van der Waals surface area contributed by atoms with Crippen LogP contribution in [0.15, 0.2) is 35.3 Å². The summed E-state index contributed by atoms with van der Waals surface area (Å²) >= 11 is 0. The van der Waals surface area contributed by atoms with Crippen LogP contribution in [0.5, 0.6) is 0 Å². The Balaban J connectivity index is 1.54. The van der Waals surface area contributed by atoms with Crippen molar-refractivity contribution in [3.05, 3.63) is 36.0 Å². The topological polar surface area (TPSA) is 73.0 Å². The monoisotopic (exact) mass is 343 g/mol. The van der Waals surface area contributed by atoms with Gasteiger partial charge in [0.2, 0.25) is 0 Å². The fourth-order valence-corrected chi connectivity index (χ4v) is 3.05. The van der Waals surface area contributed by atoms with Gasteiger partial charge in [-0.1, -0.05) is 18.2 Å². The molecule has 25 heavy (non-hydrogen) atoms. The number of hydrogen-bond acceptors (Lipinski definition) is 3. The van der Waals surface area contributed by atoms with E-state index in [-0.39, 0.29) is 6.09 Å². The quantitative estimate of drug-likeness (QED) is 0.661. The molecule has 1 aliphatic rings. The summed E-state index contributed by atoms with van der Waals surface area (Å²) in [5.74, 6) is 0.849. The van der Waals surface area contributed by atoms with E-state index in [4.69, 9.17) is 4.74 Å². The van der Waals surface area contributed by atoms with E-state index in [1.165, 1.54) is 5.39 Å². The standard InChI is InChI=1S/C18H25N5O2/c1-3-25-18(24)23-10-8-22(9-11-23)17(19-2)20-13-15-12-14-6-4-5-7-16(14)21-15/h4-7,12,21H,3,8-11,13H2,1-2H3,(H,19,20). The molecule has 7 heteroatoms. The molecule has 1 fully saturated rings. The van der Waals surface area contributed by atoms with Gasteiger partial charge in [0.1, 0.15) is 0 Å². The summed E-state index contributed by atoms with van der Waals surface area (Å²) in [6.07, 6.45) is -0.233. The number of hydrogen-bond donors (Lipinski definition) is 2. The molecular weight excluding hydrogens is 318 g/mol. The molecule has 1 aromatic carbocycles. The second-order valence-corrected chi connectivity index (χ2v) is 5.96. The lowest BCUT2D eigenvalue weighted by atomic mass is 10.2. The SMILES string of the molecule is CCOC(=O)N1CCN(C(=NC)NCc2cc3ccccc3[nH]2)CC1. The van der Waals surface area contributed by atoms with E-state index in [1.54, 1.807) is 11.9 Å². The van der Waals surface area contributed by atoms with Crippen molar-refractivity contribution in [3.8, 4) is 0 Å². The maximum atomic E-state index is 11.8. The van der Waals surface area contributed by atoms with Crippen LogP contribution in [0.1, 0.15) is 12.6 Å². The molecule has 0 spiro atoms. The Morgan fingerprint density at radius 1 is 1.24 bits per heavy atom. The molecule has 7 nitrogen and oxygen atoms in total. The number of fused-ring (bicyclic) bond motifs is 1. The van der Waals surface area contributed by atoms with Crippen molar-refractivity contribution in [1.29, 1.82) is 0 Å². The molecular formula is C18H25N5O2. The highest BCUT2D eigenvalue weighted by Gasteiger charge is 2.23. The van der Waals surface area contributed by atoms with Gasteiger partial charge >= 0.3 is 6.09 Å². The number of aromatic nitrogens is 1. The number of para-hydroxylation sites is 1. The molecule has 2 N–H and O–H groups in total. The molecule has 0 saturated carbocycles. The minimum Gasteiger partial charge on any atom is -0.450 e. The highest BCUT2D eigenvalue weighted by Crippen LogP contribution is 2.14. The van der Waals surface area contributed by atoms with Crippen LogP contribution >= 0.6 is 0 Å². The first-order chi connectivity index (χ1) is 12.2. The minimum absolute atomic E-state index is 0.233. The zero-order chi connectivity index (χ0) is 17.6. The largest absolute Gasteiger partial charge is 0.450 e. The Kier molecular flexibility index (Phi) is 5.42. The summed E-state index contributed by atoms with van der Waals surface area (Å²) < 4.78 is 5.06. The van der Waals surface area contributed by atoms with Crippen LogP contribution in [0.2, 0.25) is 0 Å². The van der Waals surface area contributed by atoms with Gasteiger partial charge in [0.15, 0.2) is 5.96 Å². The zero-order valence-electron chi connectivity index (χ0n) is 14.8. The molecule has 0 unspecified atom stereocenters. The molecule has 0 radical (unpaired) electrons. The van der Waals surface area contributed by atoms with Gasteiger partial charge in [-0.2, -0.15) is 0 Å². The van der Waals surface area contributed by atoms with Gasteiger partial charge in [0.05, 0.1) is 13.2 Å². The number of nitrogens with one attached hydrogen (secondary N) is 2. The summed E-state index contributed by atoms with van der Waals surface area (Å²) in [6, 6.07) is 10.4. The molecule has 1 aliphatic heterocycles. The molecule has 2 aromatic rings. The number of rotatable bonds is 3. The molecule has 3 rings (SSSR count). The van der Waals surface area contributed by atoms with E-state index in [9.17, 15) is 4.79 Å². The molecule has 1 amide bonds. The van der Waals surface area contributed by atoms with Crippen molar-refractivity contribution in [1.82, 2.24) is 20.1 Å². The predicted molar refractivity (Wildman–Crippen MR) is 98.7 cm³/mol. The van der Waals surface area contributed by atoms with E-state index in [0.717, 1.165) is 30.3 Å². The van der Waals surface area contributed by atoms with Crippen LogP contribution < -0.4 is 5.32 Å². The van der Waals surface area contributed by atoms with E-state index in [0.29, 0.717) is 26.2 Å². The smallest absolute Gasteiger partial charge is 0.409 e. The third-order valence-corrected chi connectivity index (χ3v) is 4.34. The molecule has 1 saturated heterocycles. The van der Waals surface area contributed by atoms with Gasteiger partial charge < -0.3 is 24.8 Å². The molecule has 0 atom stereocenters. The zero-order valence-corrected chi connectivity index (χ0v) is 14.8. The summed E-state index contributed by atoms with van der Waals surface area (Å²) in [5, 5.41) is 4.60. The lowest BCUT2D eigenvalue weighted by Crippen LogP contribution is -2.53. The number of carbonyl (C=O) groups is 1. The predicted octanol–water partition coefficient (Wildman–Crippen LogP) is 2.02. The number of amides is 1. The van der Waals surface area contributed by atoms with Crippen LogP contribution in [-0.4, -0.2) is 66.7 Å². The number of nitrogens with zero attached hydrogens (tertiary/aromatic N) is 3. The van der Waals surface area contributed by atoms with E-state index >= 15 is 0 Å². The second-order valence-electron chi connectivity index (χ2n) is 5.96. The number of aromatic amines is 1. The molecule has 0 aliphatic carbocycles. The first kappa shape index (κ1) is 17.1. The Labute approximate surface area is 147 Å². The van der Waals surface area contributed by atoms with Crippen LogP contribution in [0.4, 0.5) is 4.79 Å². The second kappa shape index (κ2) is 7.92. The fourth-order valence-electron chi connectivity index (χ4n) is 3.05. The van der Waals surface area contributed by atoms with Crippen molar-refractivity contribution >= 4 is 23.0 Å². The van der Waals surface area contributed by atoms with Crippen LogP contribution in [-0.2, 0) is 11.3 Å². The van der Waals surface area contributed by atoms with Crippen LogP contribution in [0.3, 0.4) is 0 Å². The molecule has 1 aromatic heterocycles. The summed E-state index contributed by atoms with van der Waals surface area (Å²) in [7, 11) is 1.78. The van der Waals surface area contributed by atoms with E-state index in [1.807, 2.05) is 19.1 Å². The third kappa shape index (κ3) is 4.04. The number of guanidine groups is 1. The highest BCUT2D eigenvalue weighted by atomic mass is 16.6. The number of piperazine rings is 1. The average molecular weight is 343 g/mol. The average Bonchev–Trinajstić information content (AvgIpc) is 3.06. The van der Waals surface area contributed by atoms with Gasteiger partial charge in [-0.15, -0.1) is 0 Å². The lowest BCUT2D eigenvalue weighted by Gasteiger charge is -2.35. The van der Waals surface area contributed by atoms with Gasteiger partial charge in [-0.25, -0.2) is 4.79 Å². The van der Waals surface area contributed by atoms with Gasteiger partial charge in [-0.3, -0.25) is 4.99 Å². The van der Waals surface area contributed by atoms with Gasteiger partial charge in [0, 0.05) is 44.4 Å². The molecule has 2 heterocycles. The van der Waals surface area contributed by atoms with Crippen molar-refractivity contribution < 1.29 is 9.53 Å². The Morgan fingerprint density at radius 3 is 2.64 bits per heavy atom. The number of benzene rings is 1. The maximum Gasteiger partial charge on any atom is 0.409 e. The number of aliphatic imine (C=N–C) groups is 1. The van der Waals surface area contributed by atoms with Crippen molar-refractivity contribution in [3.63, 3.8) is 0 Å². The van der Waals surface area contributed by atoms with Crippen LogP contribution in [0.25, 0.3) is 10.9 Å². The van der Waals surface area contributed by atoms with Gasteiger partial charge in [0.25, 0.3) is 0 Å². The first-order valence-corrected chi connectivity index (χ1v) is 8.65. The summed E-state index contributed by atoms with van der Waals surface area (Å²) in [4.78, 5) is 23.5. The van der Waals surface area contributed by atoms with Crippen molar-refractivity contribution in [2.45, 2.75) is 13.5 Å².